The van der Waals surface area contributed by atoms with Gasteiger partial charge in [-0.15, -0.1) is 0 Å². The molecule has 26 heavy (non-hydrogen) atoms. The van der Waals surface area contributed by atoms with E-state index in [9.17, 15) is 9.90 Å². The fourth-order valence-corrected chi connectivity index (χ4v) is 7.12. The average Bonchev–Trinajstić information content (AvgIpc) is 3.46. The summed E-state index contributed by atoms with van der Waals surface area (Å²) in [6.45, 7) is 9.29. The molecule has 0 amide bonds. The molecule has 6 nitrogen and oxygen atoms in total. The molecular formula is C20H26O6. The zero-order valence-corrected chi connectivity index (χ0v) is 15.7. The van der Waals surface area contributed by atoms with E-state index in [0.717, 1.165) is 17.6 Å². The molecule has 4 fully saturated rings. The predicted molar refractivity (Wildman–Crippen MR) is 89.2 cm³/mol. The highest BCUT2D eigenvalue weighted by Gasteiger charge is 2.93. The van der Waals surface area contributed by atoms with Gasteiger partial charge in [0.05, 0.1) is 6.61 Å². The highest BCUT2D eigenvalue weighted by atomic mass is 16.7. The van der Waals surface area contributed by atoms with Gasteiger partial charge in [-0.05, 0) is 31.3 Å². The molecule has 0 radical (unpaired) electrons. The normalized spacial score (nSPS) is 59.1. The van der Waals surface area contributed by atoms with Crippen molar-refractivity contribution in [1.82, 2.24) is 0 Å². The number of aliphatic hydroxyl groups is 1. The summed E-state index contributed by atoms with van der Waals surface area (Å²) in [5.41, 5.74) is -0.208. The molecule has 0 bridgehead atoms. The third-order valence-electron chi connectivity index (χ3n) is 8.71. The smallest absolute Gasteiger partial charge is 0.334 e. The molecule has 6 rings (SSSR count). The molecule has 8 atom stereocenters. The number of hydrogen-bond acceptors (Lipinski definition) is 6. The van der Waals surface area contributed by atoms with E-state index in [1.165, 1.54) is 0 Å². The molecule has 0 aromatic rings. The van der Waals surface area contributed by atoms with Crippen molar-refractivity contribution in [2.75, 3.05) is 13.2 Å². The van der Waals surface area contributed by atoms with Gasteiger partial charge in [0.2, 0.25) is 0 Å². The summed E-state index contributed by atoms with van der Waals surface area (Å²) in [5, 5.41) is 11.4. The summed E-state index contributed by atoms with van der Waals surface area (Å²) in [7, 11) is 0. The van der Waals surface area contributed by atoms with E-state index in [2.05, 4.69) is 20.8 Å². The Balaban J connectivity index is 1.48. The summed E-state index contributed by atoms with van der Waals surface area (Å²) in [4.78, 5) is 12.0. The van der Waals surface area contributed by atoms with Crippen LogP contribution in [-0.4, -0.2) is 59.4 Å². The molecule has 1 saturated carbocycles. The number of esters is 1. The van der Waals surface area contributed by atoms with Crippen LogP contribution in [0.2, 0.25) is 0 Å². The number of epoxide rings is 2. The van der Waals surface area contributed by atoms with E-state index in [0.29, 0.717) is 19.6 Å². The Kier molecular flexibility index (Phi) is 2.60. The maximum absolute atomic E-state index is 12.0. The van der Waals surface area contributed by atoms with Gasteiger partial charge in [0.15, 0.2) is 0 Å². The Morgan fingerprint density at radius 2 is 1.96 bits per heavy atom. The van der Waals surface area contributed by atoms with Crippen LogP contribution in [0.25, 0.3) is 0 Å². The SMILES string of the molecule is CC(C)[C@]12O[C@H]1[C@@H]1O[C@@]13[C@@]1(C)CCC4=C(COC4=O)[C@@H]1CO[C@]3(C)[C@@H]2O. The van der Waals surface area contributed by atoms with Gasteiger partial charge in [-0.3, -0.25) is 0 Å². The first-order chi connectivity index (χ1) is 12.2. The number of carbonyl (C=O) groups excluding carboxylic acids is 1. The second-order valence-electron chi connectivity index (χ2n) is 9.69. The van der Waals surface area contributed by atoms with E-state index in [-0.39, 0.29) is 35.4 Å². The van der Waals surface area contributed by atoms with Gasteiger partial charge in [0, 0.05) is 16.9 Å². The largest absolute Gasteiger partial charge is 0.458 e. The monoisotopic (exact) mass is 362 g/mol. The molecule has 0 aromatic heterocycles. The second-order valence-corrected chi connectivity index (χ2v) is 9.69. The van der Waals surface area contributed by atoms with Gasteiger partial charge in [0.25, 0.3) is 0 Å². The Morgan fingerprint density at radius 3 is 2.69 bits per heavy atom. The summed E-state index contributed by atoms with van der Waals surface area (Å²) in [6.07, 6.45) is 0.711. The van der Waals surface area contributed by atoms with Crippen LogP contribution >= 0.6 is 0 Å². The van der Waals surface area contributed by atoms with Crippen LogP contribution in [-0.2, 0) is 23.7 Å². The minimum atomic E-state index is -0.804. The van der Waals surface area contributed by atoms with E-state index in [1.54, 1.807) is 0 Å². The Bertz CT molecular complexity index is 774. The Morgan fingerprint density at radius 1 is 1.19 bits per heavy atom. The topological polar surface area (TPSA) is 80.8 Å². The molecule has 3 saturated heterocycles. The molecule has 4 heterocycles. The fraction of sp³-hybridized carbons (Fsp3) is 0.850. The first kappa shape index (κ1) is 16.0. The molecule has 2 aliphatic carbocycles. The Labute approximate surface area is 152 Å². The highest BCUT2D eigenvalue weighted by molar-refractivity contribution is 5.92. The van der Waals surface area contributed by atoms with Gasteiger partial charge in [-0.1, -0.05) is 20.8 Å². The van der Waals surface area contributed by atoms with Crippen LogP contribution in [0, 0.1) is 17.3 Å². The van der Waals surface area contributed by atoms with Crippen LogP contribution in [0.4, 0.5) is 0 Å². The van der Waals surface area contributed by atoms with Crippen LogP contribution in [0.15, 0.2) is 11.1 Å². The van der Waals surface area contributed by atoms with Crippen LogP contribution in [0.3, 0.4) is 0 Å². The summed E-state index contributed by atoms with van der Waals surface area (Å²) in [6, 6.07) is 0. The molecule has 6 heteroatoms. The van der Waals surface area contributed by atoms with E-state index in [1.807, 2.05) is 6.92 Å². The number of ether oxygens (including phenoxy) is 4. The third kappa shape index (κ3) is 1.32. The third-order valence-corrected chi connectivity index (χ3v) is 8.71. The summed E-state index contributed by atoms with van der Waals surface area (Å²) >= 11 is 0. The lowest BCUT2D eigenvalue weighted by Crippen LogP contribution is -2.74. The van der Waals surface area contributed by atoms with Crippen molar-refractivity contribution in [3.05, 3.63) is 11.1 Å². The number of rotatable bonds is 1. The maximum Gasteiger partial charge on any atom is 0.334 e. The lowest BCUT2D eigenvalue weighted by molar-refractivity contribution is -0.253. The fourth-order valence-electron chi connectivity index (χ4n) is 7.12. The van der Waals surface area contributed by atoms with Crippen molar-refractivity contribution in [1.29, 1.82) is 0 Å². The van der Waals surface area contributed by atoms with Gasteiger partial charge < -0.3 is 24.1 Å². The first-order valence-electron chi connectivity index (χ1n) is 9.81. The van der Waals surface area contributed by atoms with Gasteiger partial charge >= 0.3 is 5.97 Å². The number of hydrogen-bond donors (Lipinski definition) is 1. The lowest BCUT2D eigenvalue weighted by Gasteiger charge is -2.59. The van der Waals surface area contributed by atoms with Crippen molar-refractivity contribution < 1.29 is 28.8 Å². The number of cyclic esters (lactones) is 1. The van der Waals surface area contributed by atoms with Gasteiger partial charge in [0.1, 0.15) is 41.7 Å². The molecule has 4 aliphatic heterocycles. The van der Waals surface area contributed by atoms with Crippen LogP contribution in [0.1, 0.15) is 40.5 Å². The molecule has 6 aliphatic rings. The van der Waals surface area contributed by atoms with Gasteiger partial charge in [-0.2, -0.15) is 0 Å². The van der Waals surface area contributed by atoms with Crippen molar-refractivity contribution in [3.8, 4) is 0 Å². The maximum atomic E-state index is 12.0. The summed E-state index contributed by atoms with van der Waals surface area (Å²) in [5.74, 6) is 0.111. The zero-order valence-electron chi connectivity index (χ0n) is 15.7. The predicted octanol–water partition coefficient (Wildman–Crippen LogP) is 1.35. The summed E-state index contributed by atoms with van der Waals surface area (Å²) < 4.78 is 24.3. The van der Waals surface area contributed by atoms with Crippen LogP contribution in [0.5, 0.6) is 0 Å². The lowest BCUT2D eigenvalue weighted by atomic mass is 9.49. The standard InChI is InChI=1S/C20H26O6/c1-9(2)19-13(25-19)14-20(26-14)17(3)6-5-10-11(7-23-15(10)21)12(17)8-24-18(20,4)16(19)22/h9,12-14,16,22H,5-8H2,1-4H3/t12-,13-,14-,16-,17-,18+,19-,20+/m0/s1. The van der Waals surface area contributed by atoms with Crippen LogP contribution < -0.4 is 0 Å². The average molecular weight is 362 g/mol. The molecule has 1 N–H and O–H groups in total. The van der Waals surface area contributed by atoms with Crippen molar-refractivity contribution in [2.24, 2.45) is 17.3 Å². The van der Waals surface area contributed by atoms with E-state index >= 15 is 0 Å². The number of carbonyl (C=O) groups is 1. The highest BCUT2D eigenvalue weighted by Crippen LogP contribution is 2.76. The minimum Gasteiger partial charge on any atom is -0.458 e. The quantitative estimate of drug-likeness (QED) is 0.560. The van der Waals surface area contributed by atoms with E-state index in [4.69, 9.17) is 18.9 Å². The first-order valence-corrected chi connectivity index (χ1v) is 9.81. The molecule has 0 unspecified atom stereocenters. The molecular weight excluding hydrogens is 336 g/mol. The molecule has 142 valence electrons. The van der Waals surface area contributed by atoms with Crippen molar-refractivity contribution >= 4 is 5.97 Å². The van der Waals surface area contributed by atoms with E-state index < -0.39 is 22.9 Å². The molecule has 1 spiro atoms. The molecule has 0 aromatic carbocycles. The number of fused-ring (bicyclic) bond motifs is 4. The second kappa shape index (κ2) is 4.22. The van der Waals surface area contributed by atoms with Crippen molar-refractivity contribution in [3.63, 3.8) is 0 Å². The minimum absolute atomic E-state index is 0.0497. The van der Waals surface area contributed by atoms with Crippen molar-refractivity contribution in [2.45, 2.75) is 75.7 Å². The Hall–Kier alpha value is -0.950. The number of aliphatic hydroxyl groups excluding tert-OH is 1. The zero-order chi connectivity index (χ0) is 18.3. The van der Waals surface area contributed by atoms with Gasteiger partial charge in [-0.25, -0.2) is 4.79 Å².